The summed E-state index contributed by atoms with van der Waals surface area (Å²) in [6, 6.07) is 7.34. The number of nitro benzene ring substituents is 1. The van der Waals surface area contributed by atoms with E-state index in [1.807, 2.05) is 19.0 Å². The number of nitrogens with zero attached hydrogens (tertiary/aromatic N) is 4. The normalized spacial score (nSPS) is 10.7. The van der Waals surface area contributed by atoms with Gasteiger partial charge in [0.15, 0.2) is 16.6 Å². The fourth-order valence-corrected chi connectivity index (χ4v) is 4.08. The Morgan fingerprint density at radius 1 is 1.16 bits per heavy atom. The van der Waals surface area contributed by atoms with Gasteiger partial charge in [0, 0.05) is 37.4 Å². The number of halogens is 2. The first kappa shape index (κ1) is 25.6. The standard InChI is InChI=1S/C20H21ClN4O5S.ClH/c1-23(2)7-8-24(19(26)13-9-12(25(27)28)5-6-14(13)21)20-22-15-10-16(29-3)17(30-4)11-18(15)31-20;/h5-6,9-11H,7-8H2,1-4H3;1H. The minimum atomic E-state index is -0.562. The molecule has 0 N–H and O–H groups in total. The van der Waals surface area contributed by atoms with Gasteiger partial charge in [0.1, 0.15) is 0 Å². The lowest BCUT2D eigenvalue weighted by atomic mass is 10.1. The van der Waals surface area contributed by atoms with Crippen molar-refractivity contribution in [3.63, 3.8) is 0 Å². The Balaban J connectivity index is 0.00000363. The van der Waals surface area contributed by atoms with Gasteiger partial charge in [-0.05, 0) is 20.2 Å². The SMILES string of the molecule is COc1cc2nc(N(CCN(C)C)C(=O)c3cc([N+](=O)[O-])ccc3Cl)sc2cc1OC.Cl. The molecule has 32 heavy (non-hydrogen) atoms. The number of amides is 1. The summed E-state index contributed by atoms with van der Waals surface area (Å²) >= 11 is 7.53. The predicted octanol–water partition coefficient (Wildman–Crippen LogP) is 4.51. The number of benzene rings is 2. The van der Waals surface area contributed by atoms with Crippen LogP contribution in [0, 0.1) is 10.1 Å². The van der Waals surface area contributed by atoms with Crippen LogP contribution in [-0.2, 0) is 0 Å². The summed E-state index contributed by atoms with van der Waals surface area (Å²) in [7, 11) is 6.85. The van der Waals surface area contributed by atoms with Crippen LogP contribution in [0.2, 0.25) is 5.02 Å². The van der Waals surface area contributed by atoms with Crippen LogP contribution >= 0.6 is 35.3 Å². The molecule has 0 spiro atoms. The number of non-ortho nitro benzene ring substituents is 1. The molecule has 0 aliphatic heterocycles. The van der Waals surface area contributed by atoms with E-state index in [1.54, 1.807) is 19.2 Å². The molecule has 0 aliphatic carbocycles. The van der Waals surface area contributed by atoms with E-state index in [1.165, 1.54) is 41.5 Å². The number of anilines is 1. The van der Waals surface area contributed by atoms with Gasteiger partial charge >= 0.3 is 0 Å². The van der Waals surface area contributed by atoms with Crippen molar-refractivity contribution in [1.82, 2.24) is 9.88 Å². The lowest BCUT2D eigenvalue weighted by molar-refractivity contribution is -0.384. The van der Waals surface area contributed by atoms with Gasteiger partial charge in [-0.3, -0.25) is 19.8 Å². The molecule has 12 heteroatoms. The molecule has 0 bridgehead atoms. The van der Waals surface area contributed by atoms with E-state index in [2.05, 4.69) is 4.98 Å². The number of methoxy groups -OCH3 is 2. The second kappa shape index (κ2) is 10.8. The Morgan fingerprint density at radius 3 is 2.41 bits per heavy atom. The van der Waals surface area contributed by atoms with Crippen molar-refractivity contribution >= 4 is 62.3 Å². The molecule has 172 valence electrons. The van der Waals surface area contributed by atoms with Gasteiger partial charge < -0.3 is 14.4 Å². The Morgan fingerprint density at radius 2 is 1.81 bits per heavy atom. The predicted molar refractivity (Wildman–Crippen MR) is 128 cm³/mol. The minimum Gasteiger partial charge on any atom is -0.493 e. The molecule has 1 heterocycles. The van der Waals surface area contributed by atoms with Crippen LogP contribution in [-0.4, -0.2) is 62.1 Å². The molecule has 3 aromatic rings. The lowest BCUT2D eigenvalue weighted by Crippen LogP contribution is -2.37. The van der Waals surface area contributed by atoms with Gasteiger partial charge in [0.05, 0.1) is 39.9 Å². The third kappa shape index (κ3) is 5.39. The highest BCUT2D eigenvalue weighted by atomic mass is 35.5. The van der Waals surface area contributed by atoms with Crippen molar-refractivity contribution < 1.29 is 19.2 Å². The van der Waals surface area contributed by atoms with E-state index >= 15 is 0 Å². The average molecular weight is 501 g/mol. The van der Waals surface area contributed by atoms with E-state index in [0.717, 1.165) is 4.70 Å². The molecule has 0 saturated carbocycles. The number of fused-ring (bicyclic) bond motifs is 1. The van der Waals surface area contributed by atoms with Crippen LogP contribution in [0.25, 0.3) is 10.2 Å². The molecule has 3 rings (SSSR count). The maximum Gasteiger partial charge on any atom is 0.270 e. The Labute approximate surface area is 200 Å². The zero-order valence-corrected chi connectivity index (χ0v) is 20.2. The van der Waals surface area contributed by atoms with Crippen molar-refractivity contribution in [3.8, 4) is 11.5 Å². The number of carbonyl (C=O) groups is 1. The van der Waals surface area contributed by atoms with Gasteiger partial charge in [-0.1, -0.05) is 22.9 Å². The highest BCUT2D eigenvalue weighted by Crippen LogP contribution is 2.38. The van der Waals surface area contributed by atoms with Crippen LogP contribution in [0.5, 0.6) is 11.5 Å². The third-order valence-corrected chi connectivity index (χ3v) is 5.89. The van der Waals surface area contributed by atoms with Gasteiger partial charge in [-0.2, -0.15) is 0 Å². The van der Waals surface area contributed by atoms with E-state index in [4.69, 9.17) is 21.1 Å². The largest absolute Gasteiger partial charge is 0.493 e. The molecule has 9 nitrogen and oxygen atoms in total. The van der Waals surface area contributed by atoms with Gasteiger partial charge in [-0.15, -0.1) is 12.4 Å². The third-order valence-electron chi connectivity index (χ3n) is 4.52. The van der Waals surface area contributed by atoms with Crippen LogP contribution in [0.3, 0.4) is 0 Å². The van der Waals surface area contributed by atoms with Crippen LogP contribution < -0.4 is 14.4 Å². The number of hydrogen-bond donors (Lipinski definition) is 0. The summed E-state index contributed by atoms with van der Waals surface area (Å²) in [5.74, 6) is 0.617. The summed E-state index contributed by atoms with van der Waals surface area (Å²) < 4.78 is 11.5. The Kier molecular flexibility index (Phi) is 8.62. The van der Waals surface area contributed by atoms with Gasteiger partial charge in [0.2, 0.25) is 0 Å². The fraction of sp³-hybridized carbons (Fsp3) is 0.300. The minimum absolute atomic E-state index is 0. The molecule has 0 saturated heterocycles. The first-order chi connectivity index (χ1) is 14.7. The molecule has 1 amide bonds. The highest BCUT2D eigenvalue weighted by Gasteiger charge is 2.25. The second-order valence-electron chi connectivity index (χ2n) is 6.85. The topological polar surface area (TPSA) is 98.0 Å². The summed E-state index contributed by atoms with van der Waals surface area (Å²) in [5, 5.41) is 11.8. The molecule has 0 atom stereocenters. The van der Waals surface area contributed by atoms with Crippen LogP contribution in [0.4, 0.5) is 10.8 Å². The van der Waals surface area contributed by atoms with E-state index in [9.17, 15) is 14.9 Å². The highest BCUT2D eigenvalue weighted by molar-refractivity contribution is 7.22. The lowest BCUT2D eigenvalue weighted by Gasteiger charge is -2.22. The number of aromatic nitrogens is 1. The number of ether oxygens (including phenoxy) is 2. The molecule has 1 aromatic heterocycles. The van der Waals surface area contributed by atoms with Crippen molar-refractivity contribution in [2.24, 2.45) is 0 Å². The monoisotopic (exact) mass is 500 g/mol. The molecular weight excluding hydrogens is 479 g/mol. The van der Waals surface area contributed by atoms with Crippen molar-refractivity contribution in [2.45, 2.75) is 0 Å². The number of rotatable bonds is 8. The first-order valence-corrected chi connectivity index (χ1v) is 10.4. The number of hydrogen-bond acceptors (Lipinski definition) is 8. The number of carbonyl (C=O) groups excluding carboxylic acids is 1. The summed E-state index contributed by atoms with van der Waals surface area (Å²) in [6.07, 6.45) is 0. The number of likely N-dealkylation sites (N-methyl/N-ethyl adjacent to an activating group) is 1. The summed E-state index contributed by atoms with van der Waals surface area (Å²) in [5.41, 5.74) is 0.480. The Hall–Kier alpha value is -2.66. The van der Waals surface area contributed by atoms with Crippen molar-refractivity contribution in [2.75, 3.05) is 46.3 Å². The molecule has 0 radical (unpaired) electrons. The first-order valence-electron chi connectivity index (χ1n) is 9.18. The number of thiazole rings is 1. The van der Waals surface area contributed by atoms with Gasteiger partial charge in [0.25, 0.3) is 11.6 Å². The smallest absolute Gasteiger partial charge is 0.270 e. The maximum atomic E-state index is 13.4. The maximum absolute atomic E-state index is 13.4. The molecule has 0 unspecified atom stereocenters. The van der Waals surface area contributed by atoms with Crippen molar-refractivity contribution in [1.29, 1.82) is 0 Å². The fourth-order valence-electron chi connectivity index (χ4n) is 2.88. The molecule has 0 aliphatic rings. The molecular formula is C20H22Cl2N4O5S. The van der Waals surface area contributed by atoms with Crippen molar-refractivity contribution in [3.05, 3.63) is 51.0 Å². The van der Waals surface area contributed by atoms with Crippen LogP contribution in [0.15, 0.2) is 30.3 Å². The summed E-state index contributed by atoms with van der Waals surface area (Å²) in [6.45, 7) is 0.875. The zero-order valence-electron chi connectivity index (χ0n) is 17.8. The van der Waals surface area contributed by atoms with E-state index in [0.29, 0.717) is 35.2 Å². The summed E-state index contributed by atoms with van der Waals surface area (Å²) in [4.78, 5) is 32.0. The number of nitro groups is 1. The van der Waals surface area contributed by atoms with E-state index < -0.39 is 10.8 Å². The quantitative estimate of drug-likeness (QED) is 0.331. The van der Waals surface area contributed by atoms with E-state index in [-0.39, 0.29) is 28.7 Å². The second-order valence-corrected chi connectivity index (χ2v) is 8.27. The van der Waals surface area contributed by atoms with Crippen LogP contribution in [0.1, 0.15) is 10.4 Å². The zero-order chi connectivity index (χ0) is 22.7. The molecule has 0 fully saturated rings. The van der Waals surface area contributed by atoms with Gasteiger partial charge in [-0.25, -0.2) is 4.98 Å². The molecule has 2 aromatic carbocycles. The Bertz CT molecular complexity index is 1100. The average Bonchev–Trinajstić information content (AvgIpc) is 3.14.